The summed E-state index contributed by atoms with van der Waals surface area (Å²) in [6, 6.07) is 12.3. The van der Waals surface area contributed by atoms with Gasteiger partial charge in [-0.25, -0.2) is 8.42 Å². The lowest BCUT2D eigenvalue weighted by atomic mass is 10.0. The lowest BCUT2D eigenvalue weighted by molar-refractivity contribution is -0.141. The maximum Gasteiger partial charge on any atom is 0.242 e. The summed E-state index contributed by atoms with van der Waals surface area (Å²) in [5, 5.41) is 3.44. The quantitative estimate of drug-likeness (QED) is 0.377. The number of rotatable bonds is 13. The van der Waals surface area contributed by atoms with Crippen molar-refractivity contribution in [1.82, 2.24) is 10.2 Å². The van der Waals surface area contributed by atoms with Crippen LogP contribution in [0.3, 0.4) is 0 Å². The van der Waals surface area contributed by atoms with Crippen molar-refractivity contribution < 1.29 is 18.0 Å². The molecule has 37 heavy (non-hydrogen) atoms. The SMILES string of the molecule is CCC(C(=O)NCC(C)C)N(Cc1ccccc1C)C(=O)CCCN(c1cccc(Cl)c1C)S(C)(=O)=O. The van der Waals surface area contributed by atoms with E-state index in [1.54, 1.807) is 30.0 Å². The van der Waals surface area contributed by atoms with Gasteiger partial charge in [-0.15, -0.1) is 0 Å². The molecule has 1 N–H and O–H groups in total. The summed E-state index contributed by atoms with van der Waals surface area (Å²) in [4.78, 5) is 28.2. The minimum Gasteiger partial charge on any atom is -0.354 e. The zero-order chi connectivity index (χ0) is 27.8. The van der Waals surface area contributed by atoms with Gasteiger partial charge in [0.05, 0.1) is 11.9 Å². The van der Waals surface area contributed by atoms with Gasteiger partial charge in [-0.1, -0.05) is 62.7 Å². The average molecular weight is 550 g/mol. The Hall–Kier alpha value is -2.58. The van der Waals surface area contributed by atoms with Gasteiger partial charge in [-0.05, 0) is 61.4 Å². The number of halogens is 1. The molecule has 0 spiro atoms. The van der Waals surface area contributed by atoms with Crippen molar-refractivity contribution in [1.29, 1.82) is 0 Å². The lowest BCUT2D eigenvalue weighted by Gasteiger charge is -2.32. The Labute approximate surface area is 227 Å². The topological polar surface area (TPSA) is 86.8 Å². The Balaban J connectivity index is 2.26. The van der Waals surface area contributed by atoms with Crippen molar-refractivity contribution in [2.24, 2.45) is 5.92 Å². The molecule has 2 amide bonds. The number of nitrogens with one attached hydrogen (secondary N) is 1. The smallest absolute Gasteiger partial charge is 0.242 e. The highest BCUT2D eigenvalue weighted by Crippen LogP contribution is 2.28. The van der Waals surface area contributed by atoms with Crippen molar-refractivity contribution in [2.75, 3.05) is 23.7 Å². The van der Waals surface area contributed by atoms with E-state index in [2.05, 4.69) is 5.32 Å². The summed E-state index contributed by atoms with van der Waals surface area (Å²) in [6.45, 7) is 10.7. The van der Waals surface area contributed by atoms with E-state index in [-0.39, 0.29) is 24.8 Å². The van der Waals surface area contributed by atoms with Crippen molar-refractivity contribution in [2.45, 2.75) is 66.5 Å². The molecular weight excluding hydrogens is 510 g/mol. The van der Waals surface area contributed by atoms with Crippen LogP contribution in [0.25, 0.3) is 0 Å². The van der Waals surface area contributed by atoms with Crippen LogP contribution in [0, 0.1) is 19.8 Å². The maximum atomic E-state index is 13.5. The van der Waals surface area contributed by atoms with Crippen molar-refractivity contribution in [3.8, 4) is 0 Å². The van der Waals surface area contributed by atoms with E-state index in [0.717, 1.165) is 17.4 Å². The molecular formula is C28H40ClN3O4S. The number of hydrogen-bond acceptors (Lipinski definition) is 4. The highest BCUT2D eigenvalue weighted by Gasteiger charge is 2.29. The van der Waals surface area contributed by atoms with Crippen LogP contribution in [0.2, 0.25) is 5.02 Å². The van der Waals surface area contributed by atoms with Gasteiger partial charge in [0.2, 0.25) is 21.8 Å². The van der Waals surface area contributed by atoms with Gasteiger partial charge < -0.3 is 10.2 Å². The molecule has 2 aromatic rings. The molecule has 0 saturated heterocycles. The van der Waals surface area contributed by atoms with E-state index in [1.165, 1.54) is 4.31 Å². The normalized spacial score (nSPS) is 12.3. The lowest BCUT2D eigenvalue weighted by Crippen LogP contribution is -2.49. The zero-order valence-electron chi connectivity index (χ0n) is 22.8. The Morgan fingerprint density at radius 1 is 1.05 bits per heavy atom. The molecule has 0 aliphatic rings. The number of anilines is 1. The molecule has 0 radical (unpaired) electrons. The van der Waals surface area contributed by atoms with Crippen LogP contribution in [0.1, 0.15) is 56.7 Å². The second-order valence-corrected chi connectivity index (χ2v) is 12.1. The number of aryl methyl sites for hydroxylation is 1. The molecule has 0 aliphatic carbocycles. The molecule has 1 atom stereocenters. The number of carbonyl (C=O) groups excluding carboxylic acids is 2. The predicted molar refractivity (Wildman–Crippen MR) is 151 cm³/mol. The number of amides is 2. The van der Waals surface area contributed by atoms with Crippen LogP contribution in [0.4, 0.5) is 5.69 Å². The molecule has 9 heteroatoms. The van der Waals surface area contributed by atoms with E-state index in [1.807, 2.05) is 52.0 Å². The Kier molecular flexibility index (Phi) is 11.4. The zero-order valence-corrected chi connectivity index (χ0v) is 24.3. The van der Waals surface area contributed by atoms with Gasteiger partial charge in [-0.3, -0.25) is 13.9 Å². The number of nitrogens with zero attached hydrogens (tertiary/aromatic N) is 2. The summed E-state index contributed by atoms with van der Waals surface area (Å²) in [5.41, 5.74) is 3.17. The molecule has 0 heterocycles. The third-order valence-electron chi connectivity index (χ3n) is 6.33. The molecule has 0 aliphatic heterocycles. The van der Waals surface area contributed by atoms with E-state index < -0.39 is 16.1 Å². The number of sulfonamides is 1. The van der Waals surface area contributed by atoms with Crippen molar-refractivity contribution in [3.05, 3.63) is 64.2 Å². The standard InChI is InChI=1S/C28H40ClN3O4S/c1-7-25(28(34)30-18-20(2)3)31(19-23-13-9-8-12-21(23)4)27(33)16-11-17-32(37(6,35)36)26-15-10-14-24(29)22(26)5/h8-10,12-15,20,25H,7,11,16-19H2,1-6H3,(H,30,34). The first-order valence-corrected chi connectivity index (χ1v) is 14.9. The molecule has 0 saturated carbocycles. The first kappa shape index (κ1) is 30.6. The first-order valence-electron chi connectivity index (χ1n) is 12.7. The van der Waals surface area contributed by atoms with Crippen LogP contribution in [-0.2, 0) is 26.2 Å². The summed E-state index contributed by atoms with van der Waals surface area (Å²) in [7, 11) is -3.59. The largest absolute Gasteiger partial charge is 0.354 e. The van der Waals surface area contributed by atoms with Crippen LogP contribution in [0.15, 0.2) is 42.5 Å². The molecule has 1 unspecified atom stereocenters. The number of hydrogen-bond donors (Lipinski definition) is 1. The molecule has 0 fully saturated rings. The summed E-state index contributed by atoms with van der Waals surface area (Å²) >= 11 is 6.23. The fourth-order valence-corrected chi connectivity index (χ4v) is 5.35. The van der Waals surface area contributed by atoms with E-state index in [4.69, 9.17) is 11.6 Å². The molecule has 0 bridgehead atoms. The van der Waals surface area contributed by atoms with Gasteiger partial charge in [-0.2, -0.15) is 0 Å². The summed E-state index contributed by atoms with van der Waals surface area (Å²) in [5.74, 6) is -0.0737. The van der Waals surface area contributed by atoms with E-state index >= 15 is 0 Å². The van der Waals surface area contributed by atoms with Gasteiger partial charge >= 0.3 is 0 Å². The second kappa shape index (κ2) is 13.8. The van der Waals surface area contributed by atoms with Crippen LogP contribution in [-0.4, -0.2) is 50.5 Å². The van der Waals surface area contributed by atoms with E-state index in [0.29, 0.717) is 48.1 Å². The van der Waals surface area contributed by atoms with E-state index in [9.17, 15) is 18.0 Å². The average Bonchev–Trinajstić information content (AvgIpc) is 2.82. The third-order valence-corrected chi connectivity index (χ3v) is 7.92. The summed E-state index contributed by atoms with van der Waals surface area (Å²) < 4.78 is 26.5. The number of benzene rings is 2. The Morgan fingerprint density at radius 3 is 2.32 bits per heavy atom. The van der Waals surface area contributed by atoms with Crippen LogP contribution >= 0.6 is 11.6 Å². The maximum absolute atomic E-state index is 13.5. The van der Waals surface area contributed by atoms with Crippen molar-refractivity contribution >= 4 is 39.1 Å². The highest BCUT2D eigenvalue weighted by molar-refractivity contribution is 7.92. The van der Waals surface area contributed by atoms with Gasteiger partial charge in [0.25, 0.3) is 0 Å². The monoisotopic (exact) mass is 549 g/mol. The fraction of sp³-hybridized carbons (Fsp3) is 0.500. The molecule has 7 nitrogen and oxygen atoms in total. The first-order chi connectivity index (χ1) is 17.4. The Bertz CT molecular complexity index is 1180. The summed E-state index contributed by atoms with van der Waals surface area (Å²) in [6.07, 6.45) is 2.02. The molecule has 2 rings (SSSR count). The highest BCUT2D eigenvalue weighted by atomic mass is 35.5. The minimum atomic E-state index is -3.59. The Morgan fingerprint density at radius 2 is 1.73 bits per heavy atom. The fourth-order valence-electron chi connectivity index (χ4n) is 4.16. The second-order valence-electron chi connectivity index (χ2n) is 9.83. The molecule has 204 valence electrons. The van der Waals surface area contributed by atoms with Gasteiger partial charge in [0.15, 0.2) is 0 Å². The number of carbonyl (C=O) groups is 2. The predicted octanol–water partition coefficient (Wildman–Crippen LogP) is 5.08. The van der Waals surface area contributed by atoms with Gasteiger partial charge in [0, 0.05) is 31.1 Å². The molecule has 0 aromatic heterocycles. The third kappa shape index (κ3) is 8.75. The molecule has 2 aromatic carbocycles. The van der Waals surface area contributed by atoms with Gasteiger partial charge in [0.1, 0.15) is 6.04 Å². The minimum absolute atomic E-state index is 0.103. The van der Waals surface area contributed by atoms with Crippen LogP contribution in [0.5, 0.6) is 0 Å². The van der Waals surface area contributed by atoms with Crippen LogP contribution < -0.4 is 9.62 Å². The van der Waals surface area contributed by atoms with Crippen molar-refractivity contribution in [3.63, 3.8) is 0 Å².